The van der Waals surface area contributed by atoms with Gasteiger partial charge in [-0.15, -0.1) is 11.3 Å². The number of thiazole rings is 1. The summed E-state index contributed by atoms with van der Waals surface area (Å²) in [6.45, 7) is 3.94. The number of amides is 1. The Labute approximate surface area is 143 Å². The molecule has 4 nitrogen and oxygen atoms in total. The van der Waals surface area contributed by atoms with Crippen LogP contribution in [0.1, 0.15) is 21.7 Å². The van der Waals surface area contributed by atoms with Crippen molar-refractivity contribution in [3.8, 4) is 10.7 Å². The summed E-state index contributed by atoms with van der Waals surface area (Å²) in [5.41, 5.74) is 4.23. The number of anilines is 1. The number of carbonyl (C=O) groups is 1. The summed E-state index contributed by atoms with van der Waals surface area (Å²) in [6, 6.07) is 9.41. The minimum Gasteiger partial charge on any atom is -0.346 e. The molecule has 2 aromatic heterocycles. The Kier molecular flexibility index (Phi) is 4.24. The van der Waals surface area contributed by atoms with Gasteiger partial charge >= 0.3 is 0 Å². The Hall–Kier alpha value is -2.11. The molecule has 0 atom stereocenters. The number of nitrogens with one attached hydrogen (secondary N) is 1. The highest BCUT2D eigenvalue weighted by atomic mass is 35.5. The van der Waals surface area contributed by atoms with Gasteiger partial charge in [0.15, 0.2) is 0 Å². The number of benzene rings is 1. The zero-order valence-electron chi connectivity index (χ0n) is 13.1. The minimum absolute atomic E-state index is 0.219. The van der Waals surface area contributed by atoms with Crippen LogP contribution < -0.4 is 5.32 Å². The highest BCUT2D eigenvalue weighted by Gasteiger charge is 2.15. The van der Waals surface area contributed by atoms with Crippen molar-refractivity contribution in [2.24, 2.45) is 7.05 Å². The van der Waals surface area contributed by atoms with E-state index in [9.17, 15) is 4.79 Å². The van der Waals surface area contributed by atoms with Gasteiger partial charge in [-0.05, 0) is 49.7 Å². The van der Waals surface area contributed by atoms with Gasteiger partial charge in [0.25, 0.3) is 5.91 Å². The van der Waals surface area contributed by atoms with Gasteiger partial charge in [-0.25, -0.2) is 4.98 Å². The Morgan fingerprint density at radius 3 is 2.70 bits per heavy atom. The lowest BCUT2D eigenvalue weighted by molar-refractivity contribution is 0.102. The molecule has 0 unspecified atom stereocenters. The molecule has 6 heteroatoms. The van der Waals surface area contributed by atoms with E-state index in [1.54, 1.807) is 17.5 Å². The lowest BCUT2D eigenvalue weighted by Gasteiger charge is -2.07. The molecular formula is C17H16ClN3OS. The SMILES string of the molecule is Cc1cc(Cl)ccc1NC(=O)c1csc(-c2ccc(C)n2C)n1. The molecule has 1 N–H and O–H groups in total. The van der Waals surface area contributed by atoms with Crippen LogP contribution in [0.15, 0.2) is 35.7 Å². The molecule has 3 aromatic rings. The van der Waals surface area contributed by atoms with E-state index in [1.165, 1.54) is 11.3 Å². The van der Waals surface area contributed by atoms with Gasteiger partial charge < -0.3 is 9.88 Å². The van der Waals surface area contributed by atoms with Gasteiger partial charge in [0.1, 0.15) is 10.7 Å². The first-order valence-corrected chi connectivity index (χ1v) is 8.37. The topological polar surface area (TPSA) is 46.9 Å². The third kappa shape index (κ3) is 3.16. The monoisotopic (exact) mass is 345 g/mol. The second kappa shape index (κ2) is 6.18. The average molecular weight is 346 g/mol. The van der Waals surface area contributed by atoms with Crippen LogP contribution in [0.2, 0.25) is 5.02 Å². The van der Waals surface area contributed by atoms with Gasteiger partial charge in [0.2, 0.25) is 0 Å². The molecule has 1 aromatic carbocycles. The van der Waals surface area contributed by atoms with Crippen molar-refractivity contribution >= 4 is 34.5 Å². The summed E-state index contributed by atoms with van der Waals surface area (Å²) in [7, 11) is 1.99. The number of hydrogen-bond donors (Lipinski definition) is 1. The molecule has 0 aliphatic carbocycles. The molecule has 23 heavy (non-hydrogen) atoms. The van der Waals surface area contributed by atoms with E-state index in [0.29, 0.717) is 10.7 Å². The molecule has 0 saturated carbocycles. The average Bonchev–Trinajstić information content (AvgIpc) is 3.10. The smallest absolute Gasteiger partial charge is 0.275 e. The van der Waals surface area contributed by atoms with Gasteiger partial charge in [-0.3, -0.25) is 4.79 Å². The maximum Gasteiger partial charge on any atom is 0.275 e. The number of carbonyl (C=O) groups excluding carboxylic acids is 1. The number of rotatable bonds is 3. The lowest BCUT2D eigenvalue weighted by atomic mass is 10.2. The van der Waals surface area contributed by atoms with E-state index >= 15 is 0 Å². The molecule has 0 saturated heterocycles. The van der Waals surface area contributed by atoms with E-state index in [2.05, 4.69) is 14.9 Å². The standard InChI is InChI=1S/C17H16ClN3OS/c1-10-8-12(18)5-6-13(10)19-16(22)14-9-23-17(20-14)15-7-4-11(2)21(15)3/h4-9H,1-3H3,(H,19,22). The van der Waals surface area contributed by atoms with Gasteiger partial charge in [0.05, 0.1) is 5.69 Å². The fourth-order valence-electron chi connectivity index (χ4n) is 2.28. The van der Waals surface area contributed by atoms with E-state index in [4.69, 9.17) is 11.6 Å². The summed E-state index contributed by atoms with van der Waals surface area (Å²) in [4.78, 5) is 16.8. The molecule has 0 bridgehead atoms. The third-order valence-electron chi connectivity index (χ3n) is 3.77. The second-order valence-electron chi connectivity index (χ2n) is 5.37. The highest BCUT2D eigenvalue weighted by Crippen LogP contribution is 2.26. The predicted molar refractivity (Wildman–Crippen MR) is 95.4 cm³/mol. The quantitative estimate of drug-likeness (QED) is 0.749. The molecular weight excluding hydrogens is 330 g/mol. The first-order valence-electron chi connectivity index (χ1n) is 7.11. The number of aromatic nitrogens is 2. The summed E-state index contributed by atoms with van der Waals surface area (Å²) in [5.74, 6) is -0.219. The number of aryl methyl sites for hydroxylation is 2. The molecule has 1 amide bonds. The number of nitrogens with zero attached hydrogens (tertiary/aromatic N) is 2. The van der Waals surface area contributed by atoms with Crippen molar-refractivity contribution < 1.29 is 4.79 Å². The maximum absolute atomic E-state index is 12.4. The van der Waals surface area contributed by atoms with Gasteiger partial charge in [0, 0.05) is 28.8 Å². The minimum atomic E-state index is -0.219. The molecule has 118 valence electrons. The normalized spacial score (nSPS) is 10.8. The van der Waals surface area contributed by atoms with Crippen molar-refractivity contribution in [3.05, 3.63) is 57.7 Å². The van der Waals surface area contributed by atoms with Crippen molar-refractivity contribution in [2.75, 3.05) is 5.32 Å². The van der Waals surface area contributed by atoms with Crippen molar-refractivity contribution in [2.45, 2.75) is 13.8 Å². The van der Waals surface area contributed by atoms with Crippen LogP contribution in [0.3, 0.4) is 0 Å². The zero-order chi connectivity index (χ0) is 16.6. The number of halogens is 1. The van der Waals surface area contributed by atoms with E-state index in [-0.39, 0.29) is 5.91 Å². The van der Waals surface area contributed by atoms with Crippen LogP contribution in [-0.4, -0.2) is 15.5 Å². The van der Waals surface area contributed by atoms with Crippen molar-refractivity contribution in [1.82, 2.24) is 9.55 Å². The molecule has 0 fully saturated rings. The third-order valence-corrected chi connectivity index (χ3v) is 4.87. The Morgan fingerprint density at radius 1 is 1.26 bits per heavy atom. The van der Waals surface area contributed by atoms with E-state index in [1.807, 2.05) is 39.1 Å². The lowest BCUT2D eigenvalue weighted by Crippen LogP contribution is -2.13. The van der Waals surface area contributed by atoms with Crippen LogP contribution in [0, 0.1) is 13.8 Å². The Balaban J connectivity index is 1.82. The van der Waals surface area contributed by atoms with Crippen LogP contribution in [0.4, 0.5) is 5.69 Å². The first-order chi connectivity index (χ1) is 11.0. The van der Waals surface area contributed by atoms with Gasteiger partial charge in [-0.2, -0.15) is 0 Å². The van der Waals surface area contributed by atoms with Crippen LogP contribution in [-0.2, 0) is 7.05 Å². The molecule has 0 aliphatic rings. The molecule has 0 aliphatic heterocycles. The molecule has 2 heterocycles. The Bertz CT molecular complexity index is 882. The summed E-state index contributed by atoms with van der Waals surface area (Å²) < 4.78 is 2.06. The second-order valence-corrected chi connectivity index (χ2v) is 6.66. The van der Waals surface area contributed by atoms with Crippen molar-refractivity contribution in [1.29, 1.82) is 0 Å². The largest absolute Gasteiger partial charge is 0.346 e. The predicted octanol–water partition coefficient (Wildman–Crippen LogP) is 4.67. The summed E-state index contributed by atoms with van der Waals surface area (Å²) >= 11 is 7.39. The summed E-state index contributed by atoms with van der Waals surface area (Å²) in [5, 5.41) is 6.13. The van der Waals surface area contributed by atoms with E-state index in [0.717, 1.165) is 27.6 Å². The van der Waals surface area contributed by atoms with Crippen LogP contribution >= 0.6 is 22.9 Å². The summed E-state index contributed by atoms with van der Waals surface area (Å²) in [6.07, 6.45) is 0. The molecule has 0 radical (unpaired) electrons. The highest BCUT2D eigenvalue weighted by molar-refractivity contribution is 7.13. The fourth-order valence-corrected chi connectivity index (χ4v) is 3.36. The molecule has 3 rings (SSSR count). The van der Waals surface area contributed by atoms with Gasteiger partial charge in [-0.1, -0.05) is 11.6 Å². The zero-order valence-corrected chi connectivity index (χ0v) is 14.6. The first kappa shape index (κ1) is 15.8. The van der Waals surface area contributed by atoms with Crippen LogP contribution in [0.25, 0.3) is 10.7 Å². The van der Waals surface area contributed by atoms with E-state index < -0.39 is 0 Å². The van der Waals surface area contributed by atoms with Crippen LogP contribution in [0.5, 0.6) is 0 Å². The maximum atomic E-state index is 12.4. The molecule has 0 spiro atoms. The van der Waals surface area contributed by atoms with Crippen molar-refractivity contribution in [3.63, 3.8) is 0 Å². The number of hydrogen-bond acceptors (Lipinski definition) is 3. The Morgan fingerprint density at radius 2 is 2.04 bits per heavy atom. The fraction of sp³-hybridized carbons (Fsp3) is 0.176.